The molecule has 0 unspecified atom stereocenters. The van der Waals surface area contributed by atoms with Gasteiger partial charge in [-0.3, -0.25) is 0 Å². The molecule has 0 radical (unpaired) electrons. The molecule has 25 heavy (non-hydrogen) atoms. The molecule has 0 nitrogen and oxygen atoms in total. The quantitative estimate of drug-likeness (QED) is 0.298. The third kappa shape index (κ3) is 13.1. The second kappa shape index (κ2) is 16.6. The van der Waals surface area contributed by atoms with Crippen molar-refractivity contribution in [3.63, 3.8) is 0 Å². The summed E-state index contributed by atoms with van der Waals surface area (Å²) < 4.78 is 0. The van der Waals surface area contributed by atoms with Crippen LogP contribution in [0.1, 0.15) is 0 Å². The third-order valence-corrected chi connectivity index (χ3v) is 6.23. The molecular formula is C22H32FeP2+6. The topological polar surface area (TPSA) is 0 Å². The normalized spacial score (nSPS) is 8.88. The molecule has 0 aromatic heterocycles. The summed E-state index contributed by atoms with van der Waals surface area (Å²) in [5.74, 6) is 0. The van der Waals surface area contributed by atoms with E-state index in [1.54, 1.807) is 0 Å². The maximum Gasteiger partial charge on any atom is 6.00 e. The van der Waals surface area contributed by atoms with Crippen molar-refractivity contribution in [2.45, 2.75) is 0 Å². The Balaban J connectivity index is 0. The molecule has 0 saturated heterocycles. The van der Waals surface area contributed by atoms with Crippen LogP contribution in [0.5, 0.6) is 0 Å². The van der Waals surface area contributed by atoms with E-state index in [-0.39, 0.29) is 40.3 Å². The van der Waals surface area contributed by atoms with Gasteiger partial charge < -0.3 is 7.43 Å². The van der Waals surface area contributed by atoms with Gasteiger partial charge in [0.1, 0.15) is 0 Å². The fraction of sp³-hybridized carbons (Fsp3) is 0.182. The monoisotopic (exact) mass is 414 g/mol. The summed E-state index contributed by atoms with van der Waals surface area (Å²) in [4.78, 5) is 0. The minimum atomic E-state index is -0.212. The van der Waals surface area contributed by atoms with Crippen LogP contribution in [0.25, 0.3) is 0 Å². The van der Waals surface area contributed by atoms with Gasteiger partial charge in [-0.1, -0.05) is 36.4 Å². The first kappa shape index (κ1) is 26.4. The Labute approximate surface area is 168 Å². The van der Waals surface area contributed by atoms with E-state index < -0.39 is 0 Å². The Morgan fingerprint density at radius 2 is 0.880 bits per heavy atom. The van der Waals surface area contributed by atoms with E-state index in [1.807, 2.05) is 30.3 Å². The zero-order valence-electron chi connectivity index (χ0n) is 16.0. The van der Waals surface area contributed by atoms with Crippen molar-refractivity contribution in [3.8, 4) is 0 Å². The van der Waals surface area contributed by atoms with Crippen LogP contribution in [-0.4, -0.2) is 26.7 Å². The van der Waals surface area contributed by atoms with Gasteiger partial charge in [-0.05, 0) is 24.3 Å². The van der Waals surface area contributed by atoms with Gasteiger partial charge in [0.15, 0.2) is 0 Å². The third-order valence-electron chi connectivity index (χ3n) is 3.26. The van der Waals surface area contributed by atoms with Gasteiger partial charge in [0.05, 0.1) is 37.3 Å². The van der Waals surface area contributed by atoms with E-state index >= 15 is 0 Å². The fourth-order valence-corrected chi connectivity index (χ4v) is 3.58. The van der Waals surface area contributed by atoms with Crippen molar-refractivity contribution < 1.29 is 17.1 Å². The number of benzene rings is 2. The zero-order valence-corrected chi connectivity index (χ0v) is 19.1. The molecule has 0 spiro atoms. The first-order valence-electron chi connectivity index (χ1n) is 7.99. The van der Waals surface area contributed by atoms with E-state index in [2.05, 4.69) is 87.3 Å². The number of hydrogen-bond acceptors (Lipinski definition) is 0. The summed E-state index contributed by atoms with van der Waals surface area (Å²) in [6.07, 6.45) is 0. The average molecular weight is 414 g/mol. The van der Waals surface area contributed by atoms with Crippen molar-refractivity contribution in [3.05, 3.63) is 98.4 Å². The van der Waals surface area contributed by atoms with Gasteiger partial charge in [0.2, 0.25) is 0 Å². The second-order valence-electron chi connectivity index (χ2n) is 5.69. The molecule has 3 rings (SSSR count). The van der Waals surface area contributed by atoms with E-state index in [1.165, 1.54) is 10.6 Å². The fourth-order valence-electron chi connectivity index (χ4n) is 1.86. The molecule has 0 amide bonds. The average Bonchev–Trinajstić information content (AvgIpc) is 3.17. The summed E-state index contributed by atoms with van der Waals surface area (Å²) in [5.41, 5.74) is 0. The van der Waals surface area contributed by atoms with Crippen LogP contribution in [0, 0.1) is 7.43 Å². The molecule has 0 saturated carbocycles. The van der Waals surface area contributed by atoms with Gasteiger partial charge in [-0.2, -0.15) is 18.2 Å². The molecule has 0 aliphatic rings. The molecule has 0 fully saturated rings. The van der Waals surface area contributed by atoms with Crippen LogP contribution >= 0.6 is 15.8 Å². The first-order valence-corrected chi connectivity index (χ1v) is 13.0. The number of hydrogen-bond donors (Lipinski definition) is 0. The molecule has 3 aromatic carbocycles. The SMILES string of the molecule is C[PH+](C)c1ccccc1.C[PH+](C)c1ccccc1.[CH3-].[Fe+6].c1cc[cH-]c1. The Kier molecular flexibility index (Phi) is 17.6. The summed E-state index contributed by atoms with van der Waals surface area (Å²) in [7, 11) is -0.424. The zero-order chi connectivity index (χ0) is 16.9. The van der Waals surface area contributed by atoms with Gasteiger partial charge in [0, 0.05) is 15.8 Å². The Morgan fingerprint density at radius 3 is 1.04 bits per heavy atom. The Bertz CT molecular complexity index is 530. The van der Waals surface area contributed by atoms with Gasteiger partial charge in [-0.25, -0.2) is 12.1 Å². The van der Waals surface area contributed by atoms with Crippen LogP contribution in [0.4, 0.5) is 0 Å². The molecule has 0 atom stereocenters. The van der Waals surface area contributed by atoms with Crippen molar-refractivity contribution in [2.75, 3.05) is 26.7 Å². The maximum atomic E-state index is 2.31. The van der Waals surface area contributed by atoms with Crippen molar-refractivity contribution in [1.82, 2.24) is 0 Å². The second-order valence-corrected chi connectivity index (χ2v) is 10.8. The van der Waals surface area contributed by atoms with E-state index in [0.29, 0.717) is 0 Å². The minimum absolute atomic E-state index is 0. The summed E-state index contributed by atoms with van der Waals surface area (Å²) in [5, 5.41) is 3.03. The smallest absolute Gasteiger partial charge is 0.358 e. The summed E-state index contributed by atoms with van der Waals surface area (Å²) in [6.45, 7) is 9.22. The molecule has 132 valence electrons. The molecule has 0 N–H and O–H groups in total. The number of rotatable bonds is 2. The summed E-state index contributed by atoms with van der Waals surface area (Å²) >= 11 is 0. The predicted octanol–water partition coefficient (Wildman–Crippen LogP) is 5.42. The standard InChI is InChI=1S/2C8H11P.C5H5.CH3.Fe/c2*1-9(2)8-6-4-3-5-7-8;1-2-4-5-3-1;;/h2*3-7H,1-2H3;1-5H;1H3;/q;;2*-1;+6/p+2. The van der Waals surface area contributed by atoms with E-state index in [9.17, 15) is 0 Å². The summed E-state index contributed by atoms with van der Waals surface area (Å²) in [6, 6.07) is 31.4. The van der Waals surface area contributed by atoms with Gasteiger partial charge in [0.25, 0.3) is 0 Å². The Hall–Kier alpha value is -0.831. The van der Waals surface area contributed by atoms with Crippen LogP contribution < -0.4 is 10.6 Å². The van der Waals surface area contributed by atoms with Crippen molar-refractivity contribution in [2.24, 2.45) is 0 Å². The minimum Gasteiger partial charge on any atom is -0.358 e. The van der Waals surface area contributed by atoms with E-state index in [0.717, 1.165) is 0 Å². The molecule has 0 aliphatic carbocycles. The molecule has 3 heteroatoms. The van der Waals surface area contributed by atoms with Crippen LogP contribution in [0.3, 0.4) is 0 Å². The molecule has 0 heterocycles. The van der Waals surface area contributed by atoms with Crippen LogP contribution in [0.15, 0.2) is 91.0 Å². The van der Waals surface area contributed by atoms with Gasteiger partial charge in [-0.15, -0.1) is 0 Å². The molecular weight excluding hydrogens is 382 g/mol. The predicted molar refractivity (Wildman–Crippen MR) is 121 cm³/mol. The largest absolute Gasteiger partial charge is 6.00 e. The van der Waals surface area contributed by atoms with Gasteiger partial charge >= 0.3 is 17.1 Å². The molecule has 0 bridgehead atoms. The molecule has 3 aromatic rings. The van der Waals surface area contributed by atoms with Crippen molar-refractivity contribution >= 4 is 26.5 Å². The Morgan fingerprint density at radius 1 is 0.560 bits per heavy atom. The van der Waals surface area contributed by atoms with Crippen LogP contribution in [0.2, 0.25) is 0 Å². The first-order chi connectivity index (χ1) is 11.1. The molecule has 0 aliphatic heterocycles. The van der Waals surface area contributed by atoms with Crippen LogP contribution in [-0.2, 0) is 17.1 Å². The maximum absolute atomic E-state index is 2.31. The van der Waals surface area contributed by atoms with E-state index in [4.69, 9.17) is 0 Å². The van der Waals surface area contributed by atoms with Crippen molar-refractivity contribution in [1.29, 1.82) is 0 Å².